The molecule has 0 aliphatic rings. The molecule has 1 heterocycles. The van der Waals surface area contributed by atoms with Gasteiger partial charge in [0.1, 0.15) is 24.3 Å². The maximum Gasteiger partial charge on any atom is 0.321 e. The molecule has 11 nitrogen and oxygen atoms in total. The summed E-state index contributed by atoms with van der Waals surface area (Å²) >= 11 is 0. The summed E-state index contributed by atoms with van der Waals surface area (Å²) in [7, 11) is -7.41. The van der Waals surface area contributed by atoms with E-state index >= 15 is 0 Å². The molecule has 0 atom stereocenters. The van der Waals surface area contributed by atoms with Crippen molar-refractivity contribution in [2.75, 3.05) is 26.3 Å². The lowest BCUT2D eigenvalue weighted by Crippen LogP contribution is -2.36. The molecule has 4 rings (SSSR count). The second-order valence-corrected chi connectivity index (χ2v) is 11.9. The Hall–Kier alpha value is -3.78. The summed E-state index contributed by atoms with van der Waals surface area (Å²) in [6.07, 6.45) is 0. The molecule has 0 unspecified atom stereocenters. The number of furan rings is 1. The van der Waals surface area contributed by atoms with Crippen LogP contribution in [0.3, 0.4) is 0 Å². The number of nitrogens with zero attached hydrogens (tertiary/aromatic N) is 2. The number of hydrogen-bond acceptors (Lipinski definition) is 9. The molecule has 0 saturated heterocycles. The molecule has 0 fully saturated rings. The van der Waals surface area contributed by atoms with Crippen molar-refractivity contribution >= 4 is 54.8 Å². The molecule has 0 aliphatic carbocycles. The zero-order chi connectivity index (χ0) is 29.6. The van der Waals surface area contributed by atoms with Crippen molar-refractivity contribution in [1.82, 2.24) is 8.61 Å². The third-order valence-electron chi connectivity index (χ3n) is 6.26. The minimum absolute atomic E-state index is 0.0510. The number of para-hydroxylation sites is 1. The Morgan fingerprint density at radius 1 is 0.780 bits per heavy atom. The highest BCUT2D eigenvalue weighted by molar-refractivity contribution is 7.89. The van der Waals surface area contributed by atoms with Gasteiger partial charge in [-0.15, -0.1) is 0 Å². The van der Waals surface area contributed by atoms with Gasteiger partial charge < -0.3 is 13.9 Å². The van der Waals surface area contributed by atoms with E-state index in [1.807, 2.05) is 18.2 Å². The van der Waals surface area contributed by atoms with E-state index in [-0.39, 0.29) is 31.2 Å². The Labute approximate surface area is 239 Å². The van der Waals surface area contributed by atoms with E-state index in [9.17, 15) is 26.4 Å². The van der Waals surface area contributed by atoms with Crippen LogP contribution in [0.25, 0.3) is 21.9 Å². The molecule has 41 heavy (non-hydrogen) atoms. The number of sulfonamides is 1. The van der Waals surface area contributed by atoms with Crippen molar-refractivity contribution in [3.8, 4) is 0 Å². The fourth-order valence-electron chi connectivity index (χ4n) is 4.37. The van der Waals surface area contributed by atoms with E-state index < -0.39 is 45.9 Å². The first kappa shape index (κ1) is 30.2. The maximum absolute atomic E-state index is 14.0. The van der Waals surface area contributed by atoms with Gasteiger partial charge in [-0.05, 0) is 49.2 Å². The minimum Gasteiger partial charge on any atom is -0.465 e. The number of fused-ring (bicyclic) bond motifs is 3. The van der Waals surface area contributed by atoms with Crippen LogP contribution in [0.4, 0.5) is 0 Å². The summed E-state index contributed by atoms with van der Waals surface area (Å²) in [6, 6.07) is 18.3. The number of benzene rings is 3. The predicted molar refractivity (Wildman–Crippen MR) is 152 cm³/mol. The van der Waals surface area contributed by atoms with Crippen LogP contribution in [0.5, 0.6) is 0 Å². The van der Waals surface area contributed by atoms with Crippen LogP contribution in [0.15, 0.2) is 76.0 Å². The lowest BCUT2D eigenvalue weighted by molar-refractivity contribution is -0.144. The molecule has 3 aromatic carbocycles. The molecular formula is C28H30N2O9S2. The highest BCUT2D eigenvalue weighted by Gasteiger charge is 2.29. The van der Waals surface area contributed by atoms with Gasteiger partial charge in [-0.2, -0.15) is 8.61 Å². The van der Waals surface area contributed by atoms with Gasteiger partial charge in [-0.1, -0.05) is 42.5 Å². The summed E-state index contributed by atoms with van der Waals surface area (Å²) in [4.78, 5) is 24.4. The van der Waals surface area contributed by atoms with E-state index in [1.165, 1.54) is 12.1 Å². The largest absolute Gasteiger partial charge is 0.465 e. The first-order chi connectivity index (χ1) is 19.6. The molecule has 0 bridgehead atoms. The van der Waals surface area contributed by atoms with Crippen molar-refractivity contribution in [1.29, 1.82) is 0 Å². The smallest absolute Gasteiger partial charge is 0.321 e. The number of ether oxygens (including phenoxy) is 2. The van der Waals surface area contributed by atoms with Crippen LogP contribution in [0.2, 0.25) is 0 Å². The minimum atomic E-state index is -4.25. The van der Waals surface area contributed by atoms with Crippen molar-refractivity contribution in [2.45, 2.75) is 31.8 Å². The van der Waals surface area contributed by atoms with Crippen LogP contribution in [-0.4, -0.2) is 63.7 Å². The SMILES string of the molecule is CCOC(=O)CN(Cc1ccccc1CN(CC(=O)OCC)S(=O)(=O)c1ccc2oc3ccccc3c2c1)[SH](=O)=O. The Morgan fingerprint density at radius 3 is 2.02 bits per heavy atom. The summed E-state index contributed by atoms with van der Waals surface area (Å²) in [5.41, 5.74) is 2.02. The summed E-state index contributed by atoms with van der Waals surface area (Å²) in [5, 5.41) is 1.35. The molecule has 0 spiro atoms. The van der Waals surface area contributed by atoms with E-state index in [1.54, 1.807) is 50.2 Å². The Kier molecular flexibility index (Phi) is 9.76. The van der Waals surface area contributed by atoms with Crippen LogP contribution in [-0.2, 0) is 53.1 Å². The molecular weight excluding hydrogens is 572 g/mol. The first-order valence-electron chi connectivity index (χ1n) is 12.8. The second-order valence-electron chi connectivity index (χ2n) is 8.97. The maximum atomic E-state index is 14.0. The van der Waals surface area contributed by atoms with Crippen molar-refractivity contribution in [3.63, 3.8) is 0 Å². The van der Waals surface area contributed by atoms with Crippen LogP contribution >= 0.6 is 0 Å². The van der Waals surface area contributed by atoms with Crippen molar-refractivity contribution in [3.05, 3.63) is 77.9 Å². The third kappa shape index (κ3) is 7.11. The van der Waals surface area contributed by atoms with Gasteiger partial charge in [0.15, 0.2) is 0 Å². The molecule has 0 amide bonds. The van der Waals surface area contributed by atoms with Crippen molar-refractivity contribution < 1.29 is 40.3 Å². The highest BCUT2D eigenvalue weighted by atomic mass is 32.2. The summed E-state index contributed by atoms with van der Waals surface area (Å²) in [6.45, 7) is 1.86. The Morgan fingerprint density at radius 2 is 1.37 bits per heavy atom. The van der Waals surface area contributed by atoms with Gasteiger partial charge in [-0.25, -0.2) is 16.8 Å². The Bertz CT molecular complexity index is 1740. The molecule has 0 N–H and O–H groups in total. The lowest BCUT2D eigenvalue weighted by atomic mass is 10.1. The molecule has 13 heteroatoms. The van der Waals surface area contributed by atoms with Crippen molar-refractivity contribution in [2.24, 2.45) is 0 Å². The fraction of sp³-hybridized carbons (Fsp3) is 0.286. The fourth-order valence-corrected chi connectivity index (χ4v) is 6.26. The quantitative estimate of drug-likeness (QED) is 0.180. The van der Waals surface area contributed by atoms with Gasteiger partial charge in [0.05, 0.1) is 18.1 Å². The number of rotatable bonds is 13. The molecule has 0 saturated carbocycles. The second kappa shape index (κ2) is 13.3. The molecule has 218 valence electrons. The van der Waals surface area contributed by atoms with E-state index in [0.29, 0.717) is 27.7 Å². The standard InChI is InChI=1S/C28H30N2O9S2/c1-3-37-27(31)18-29(40(33)34)16-20-9-5-6-10-21(20)17-30(19-28(32)38-4-2)41(35,36)22-13-14-26-24(15-22)23-11-7-8-12-25(23)39-26/h5-15,40H,3-4,16-19H2,1-2H3. The monoisotopic (exact) mass is 602 g/mol. The Balaban J connectivity index is 1.70. The zero-order valence-corrected chi connectivity index (χ0v) is 24.2. The van der Waals surface area contributed by atoms with E-state index in [4.69, 9.17) is 13.9 Å². The van der Waals surface area contributed by atoms with Gasteiger partial charge in [-0.3, -0.25) is 9.59 Å². The highest BCUT2D eigenvalue weighted by Crippen LogP contribution is 2.31. The average Bonchev–Trinajstić information content (AvgIpc) is 3.31. The molecule has 0 aliphatic heterocycles. The normalized spacial score (nSPS) is 12.0. The molecule has 4 aromatic rings. The molecule has 1 aromatic heterocycles. The number of esters is 2. The third-order valence-corrected chi connectivity index (χ3v) is 8.79. The number of thiol groups is 1. The summed E-state index contributed by atoms with van der Waals surface area (Å²) < 4.78 is 69.3. The first-order valence-corrected chi connectivity index (χ1v) is 15.4. The van der Waals surface area contributed by atoms with E-state index in [0.717, 1.165) is 14.0 Å². The molecule has 0 radical (unpaired) electrons. The number of carbonyl (C=O) groups excluding carboxylic acids is 2. The zero-order valence-electron chi connectivity index (χ0n) is 22.5. The van der Waals surface area contributed by atoms with Crippen LogP contribution in [0.1, 0.15) is 25.0 Å². The van der Waals surface area contributed by atoms with Gasteiger partial charge in [0.25, 0.3) is 0 Å². The van der Waals surface area contributed by atoms with Gasteiger partial charge in [0.2, 0.25) is 20.9 Å². The van der Waals surface area contributed by atoms with Gasteiger partial charge >= 0.3 is 11.9 Å². The van der Waals surface area contributed by atoms with Crippen LogP contribution < -0.4 is 0 Å². The summed E-state index contributed by atoms with van der Waals surface area (Å²) in [5.74, 6) is -1.45. The average molecular weight is 603 g/mol. The van der Waals surface area contributed by atoms with Gasteiger partial charge in [0, 0.05) is 23.9 Å². The number of carbonyl (C=O) groups is 2. The van der Waals surface area contributed by atoms with E-state index in [2.05, 4.69) is 0 Å². The number of hydrogen-bond donors (Lipinski definition) is 1. The van der Waals surface area contributed by atoms with Crippen LogP contribution in [0, 0.1) is 0 Å². The lowest BCUT2D eigenvalue weighted by Gasteiger charge is -2.24. The predicted octanol–water partition coefficient (Wildman–Crippen LogP) is 3.23. The topological polar surface area (TPSA) is 140 Å².